The molecule has 1 aliphatic heterocycles. The number of hydrogen-bond acceptors (Lipinski definition) is 5. The highest BCUT2D eigenvalue weighted by atomic mass is 16.4. The first-order valence-electron chi connectivity index (χ1n) is 9.43. The molecule has 1 fully saturated rings. The number of carbonyl (C=O) groups excluding carboxylic acids is 2. The Bertz CT molecular complexity index is 1010. The Kier molecular flexibility index (Phi) is 5.60. The van der Waals surface area contributed by atoms with Crippen LogP contribution in [-0.4, -0.2) is 45.6 Å². The van der Waals surface area contributed by atoms with Crippen LogP contribution in [0.5, 0.6) is 0 Å². The van der Waals surface area contributed by atoms with E-state index in [1.807, 2.05) is 32.0 Å². The van der Waals surface area contributed by atoms with Crippen molar-refractivity contribution in [3.63, 3.8) is 0 Å². The third kappa shape index (κ3) is 3.76. The lowest BCUT2D eigenvalue weighted by molar-refractivity contribution is -0.143. The summed E-state index contributed by atoms with van der Waals surface area (Å²) in [6.45, 7) is 5.05. The topological polar surface area (TPSA) is 116 Å². The number of carbonyl (C=O) groups is 3. The van der Waals surface area contributed by atoms with Gasteiger partial charge in [0, 0.05) is 6.54 Å². The van der Waals surface area contributed by atoms with E-state index in [0.29, 0.717) is 5.56 Å². The van der Waals surface area contributed by atoms with Gasteiger partial charge in [-0.3, -0.25) is 14.5 Å². The van der Waals surface area contributed by atoms with Crippen LogP contribution in [0.25, 0.3) is 0 Å². The molecule has 8 heteroatoms. The molecule has 8 nitrogen and oxygen atoms in total. The Labute approximate surface area is 174 Å². The van der Waals surface area contributed by atoms with E-state index >= 15 is 0 Å². The van der Waals surface area contributed by atoms with Crippen LogP contribution >= 0.6 is 0 Å². The summed E-state index contributed by atoms with van der Waals surface area (Å²) in [5.41, 5.74) is 2.92. The highest BCUT2D eigenvalue weighted by Crippen LogP contribution is 2.38. The zero-order valence-corrected chi connectivity index (χ0v) is 17.1. The van der Waals surface area contributed by atoms with E-state index in [4.69, 9.17) is 5.84 Å². The zero-order chi connectivity index (χ0) is 22.1. The first kappa shape index (κ1) is 21.0. The lowest BCUT2D eigenvalue weighted by atomic mass is 9.89. The van der Waals surface area contributed by atoms with Crippen molar-refractivity contribution in [2.24, 2.45) is 10.9 Å². The Hall–Kier alpha value is -3.68. The van der Waals surface area contributed by atoms with Gasteiger partial charge in [0.25, 0.3) is 5.91 Å². The number of hydrogen-bond donors (Lipinski definition) is 2. The first-order valence-corrected chi connectivity index (χ1v) is 9.43. The van der Waals surface area contributed by atoms with Gasteiger partial charge < -0.3 is 15.8 Å². The summed E-state index contributed by atoms with van der Waals surface area (Å²) in [6.07, 6.45) is 1.47. The maximum Gasteiger partial charge on any atom is 0.328 e. The molecule has 0 aromatic heterocycles. The van der Waals surface area contributed by atoms with Crippen LogP contribution in [0.15, 0.2) is 47.6 Å². The molecule has 2 aromatic rings. The molecule has 3 amide bonds. The minimum absolute atomic E-state index is 0.172. The fourth-order valence-corrected chi connectivity index (χ4v) is 3.90. The van der Waals surface area contributed by atoms with Gasteiger partial charge in [0.2, 0.25) is 0 Å². The molecule has 0 bridgehead atoms. The van der Waals surface area contributed by atoms with Gasteiger partial charge in [-0.25, -0.2) is 4.79 Å². The second kappa shape index (κ2) is 7.98. The fraction of sp³-hybridized carbons (Fsp3) is 0.273. The van der Waals surface area contributed by atoms with E-state index in [0.717, 1.165) is 27.2 Å². The number of nitrogens with zero attached hydrogens (tertiary/aromatic N) is 3. The monoisotopic (exact) mass is 408 g/mol. The van der Waals surface area contributed by atoms with Crippen molar-refractivity contribution >= 4 is 24.1 Å². The molecule has 1 aliphatic rings. The van der Waals surface area contributed by atoms with Crippen molar-refractivity contribution in [3.8, 4) is 0 Å². The van der Waals surface area contributed by atoms with Crippen molar-refractivity contribution < 1.29 is 19.5 Å². The number of nitrogens with two attached hydrogens (primary N) is 1. The normalized spacial score (nSPS) is 19.2. The maximum absolute atomic E-state index is 13.3. The van der Waals surface area contributed by atoms with Crippen LogP contribution in [0, 0.1) is 13.8 Å². The molecule has 1 saturated heterocycles. The molecular formula is C22H24N4O4. The molecular weight excluding hydrogens is 384 g/mol. The van der Waals surface area contributed by atoms with E-state index in [1.54, 1.807) is 31.2 Å². The summed E-state index contributed by atoms with van der Waals surface area (Å²) in [6, 6.07) is 12.2. The van der Waals surface area contributed by atoms with Gasteiger partial charge in [0.1, 0.15) is 12.1 Å². The van der Waals surface area contributed by atoms with Gasteiger partial charge in [-0.2, -0.15) is 5.10 Å². The molecule has 0 spiro atoms. The Balaban J connectivity index is 2.08. The minimum atomic E-state index is -1.34. The van der Waals surface area contributed by atoms with Gasteiger partial charge in [0.15, 0.2) is 0 Å². The standard InChI is InChI=1S/C22H24N4O4/c1-14-8-15(2)10-17(9-14)12-26-21(30)25(13-19(27)28)20(29)22(26,3)18-6-4-16(5-7-18)11-24-23/h4-11H,12-13,23H2,1-3H3,(H,27,28)/t22-/m1/s1. The molecule has 0 unspecified atom stereocenters. The van der Waals surface area contributed by atoms with Gasteiger partial charge in [0.05, 0.1) is 6.21 Å². The number of rotatable bonds is 6. The van der Waals surface area contributed by atoms with E-state index < -0.39 is 30.0 Å². The van der Waals surface area contributed by atoms with Crippen molar-refractivity contribution in [3.05, 3.63) is 70.3 Å². The molecule has 1 heterocycles. The lowest BCUT2D eigenvalue weighted by Crippen LogP contribution is -2.44. The summed E-state index contributed by atoms with van der Waals surface area (Å²) >= 11 is 0. The van der Waals surface area contributed by atoms with Crippen LogP contribution in [0.3, 0.4) is 0 Å². The second-order valence-corrected chi connectivity index (χ2v) is 7.62. The number of aliphatic carboxylic acids is 1. The fourth-order valence-electron chi connectivity index (χ4n) is 3.90. The SMILES string of the molecule is Cc1cc(C)cc(CN2C(=O)N(CC(=O)O)C(=O)[C@@]2(C)c2ccc(C=NN)cc2)c1. The smallest absolute Gasteiger partial charge is 0.328 e. The Morgan fingerprint density at radius 2 is 1.73 bits per heavy atom. The molecule has 3 rings (SSSR count). The molecule has 1 atom stereocenters. The number of aryl methyl sites for hydroxylation is 2. The second-order valence-electron chi connectivity index (χ2n) is 7.62. The largest absolute Gasteiger partial charge is 0.480 e. The molecule has 2 aromatic carbocycles. The number of imide groups is 1. The Morgan fingerprint density at radius 1 is 1.13 bits per heavy atom. The summed E-state index contributed by atoms with van der Waals surface area (Å²) in [5, 5.41) is 12.7. The molecule has 156 valence electrons. The molecule has 0 radical (unpaired) electrons. The number of hydrazone groups is 1. The molecule has 3 N–H and O–H groups in total. The first-order chi connectivity index (χ1) is 14.2. The van der Waals surface area contributed by atoms with Crippen molar-refractivity contribution in [2.45, 2.75) is 32.9 Å². The van der Waals surface area contributed by atoms with Crippen LogP contribution in [-0.2, 0) is 21.7 Å². The molecule has 30 heavy (non-hydrogen) atoms. The summed E-state index contributed by atoms with van der Waals surface area (Å²) in [7, 11) is 0. The molecule has 0 aliphatic carbocycles. The number of carboxylic acids is 1. The summed E-state index contributed by atoms with van der Waals surface area (Å²) < 4.78 is 0. The highest BCUT2D eigenvalue weighted by Gasteiger charge is 2.55. The quantitative estimate of drug-likeness (QED) is 0.329. The average Bonchev–Trinajstić information content (AvgIpc) is 2.84. The third-order valence-electron chi connectivity index (χ3n) is 5.28. The number of amides is 3. The Morgan fingerprint density at radius 3 is 2.27 bits per heavy atom. The maximum atomic E-state index is 13.3. The number of carboxylic acid groups (broad SMARTS) is 1. The molecule has 0 saturated carbocycles. The van der Waals surface area contributed by atoms with Gasteiger partial charge in [-0.05, 0) is 37.5 Å². The van der Waals surface area contributed by atoms with E-state index in [2.05, 4.69) is 5.10 Å². The van der Waals surface area contributed by atoms with Crippen LogP contribution in [0.4, 0.5) is 4.79 Å². The number of benzene rings is 2. The van der Waals surface area contributed by atoms with Crippen molar-refractivity contribution in [2.75, 3.05) is 6.54 Å². The highest BCUT2D eigenvalue weighted by molar-refractivity contribution is 6.08. The third-order valence-corrected chi connectivity index (χ3v) is 5.28. The van der Waals surface area contributed by atoms with E-state index in [1.165, 1.54) is 11.1 Å². The van der Waals surface area contributed by atoms with Gasteiger partial charge >= 0.3 is 12.0 Å². The number of urea groups is 1. The summed E-state index contributed by atoms with van der Waals surface area (Å²) in [4.78, 5) is 39.9. The summed E-state index contributed by atoms with van der Waals surface area (Å²) in [5.74, 6) is 3.37. The van der Waals surface area contributed by atoms with Crippen molar-refractivity contribution in [1.82, 2.24) is 9.80 Å². The van der Waals surface area contributed by atoms with Crippen LogP contribution in [0.1, 0.15) is 34.7 Å². The van der Waals surface area contributed by atoms with Crippen molar-refractivity contribution in [1.29, 1.82) is 0 Å². The van der Waals surface area contributed by atoms with Gasteiger partial charge in [-0.1, -0.05) is 53.6 Å². The van der Waals surface area contributed by atoms with Gasteiger partial charge in [-0.15, -0.1) is 0 Å². The zero-order valence-electron chi connectivity index (χ0n) is 17.1. The van der Waals surface area contributed by atoms with Crippen LogP contribution in [0.2, 0.25) is 0 Å². The average molecular weight is 408 g/mol. The lowest BCUT2D eigenvalue weighted by Gasteiger charge is -2.32. The predicted molar refractivity (Wildman–Crippen MR) is 112 cm³/mol. The van der Waals surface area contributed by atoms with E-state index in [9.17, 15) is 19.5 Å². The van der Waals surface area contributed by atoms with Crippen LogP contribution < -0.4 is 5.84 Å². The predicted octanol–water partition coefficient (Wildman–Crippen LogP) is 2.36. The van der Waals surface area contributed by atoms with E-state index in [-0.39, 0.29) is 6.54 Å². The minimum Gasteiger partial charge on any atom is -0.480 e.